The highest BCUT2D eigenvalue weighted by molar-refractivity contribution is 6.35. The van der Waals surface area contributed by atoms with E-state index < -0.39 is 5.97 Å². The second-order valence-electron chi connectivity index (χ2n) is 7.38. The minimum Gasteiger partial charge on any atom is -0.481 e. The number of carboxylic acids is 1. The van der Waals surface area contributed by atoms with Crippen molar-refractivity contribution in [3.05, 3.63) is 58.3 Å². The Morgan fingerprint density at radius 1 is 0.970 bits per heavy atom. The molecule has 0 spiro atoms. The molecule has 10 heteroatoms. The molecule has 0 saturated carbocycles. The van der Waals surface area contributed by atoms with Gasteiger partial charge in [-0.1, -0.05) is 24.3 Å². The Morgan fingerprint density at radius 3 is 1.94 bits per heavy atom. The van der Waals surface area contributed by atoms with Crippen LogP contribution in [0.15, 0.2) is 30.5 Å². The van der Waals surface area contributed by atoms with Gasteiger partial charge in [0.05, 0.1) is 34.6 Å². The number of aliphatic hydroxyl groups is 1. The van der Waals surface area contributed by atoms with Crippen LogP contribution >= 0.6 is 0 Å². The third-order valence-corrected chi connectivity index (χ3v) is 5.14. The van der Waals surface area contributed by atoms with Gasteiger partial charge in [-0.15, -0.1) is 0 Å². The number of anilines is 2. The number of carbonyl (C=O) groups excluding carboxylic acids is 2. The topological polar surface area (TPSA) is 184 Å². The highest BCUT2D eigenvalue weighted by atomic mass is 16.4. The van der Waals surface area contributed by atoms with Gasteiger partial charge < -0.3 is 37.3 Å². The summed E-state index contributed by atoms with van der Waals surface area (Å²) in [6, 6.07) is 6.80. The third kappa shape index (κ3) is 4.44. The summed E-state index contributed by atoms with van der Waals surface area (Å²) in [6.45, 7) is 2.41. The van der Waals surface area contributed by atoms with Crippen molar-refractivity contribution < 1.29 is 24.6 Å². The van der Waals surface area contributed by atoms with E-state index in [1.807, 2.05) is 0 Å². The molecule has 1 aliphatic rings. The first kappa shape index (κ1) is 23.9. The molecule has 0 aliphatic heterocycles. The van der Waals surface area contributed by atoms with Crippen molar-refractivity contribution >= 4 is 39.8 Å². The van der Waals surface area contributed by atoms with Crippen LogP contribution in [-0.4, -0.2) is 58.9 Å². The lowest BCUT2D eigenvalue weighted by atomic mass is 9.81. The zero-order valence-corrected chi connectivity index (χ0v) is 18.2. The number of carboxylic acid groups (broad SMARTS) is 1. The average molecular weight is 453 g/mol. The number of aliphatic hydroxyl groups excluding tert-OH is 1. The summed E-state index contributed by atoms with van der Waals surface area (Å²) in [5.74, 6) is -1.30. The number of nitrogens with two attached hydrogens (primary N) is 2. The van der Waals surface area contributed by atoms with Crippen molar-refractivity contribution in [2.45, 2.75) is 13.5 Å². The highest BCUT2D eigenvalue weighted by Gasteiger charge is 2.36. The summed E-state index contributed by atoms with van der Waals surface area (Å²) in [6.07, 6.45) is 1.68. The molecule has 0 radical (unpaired) electrons. The third-order valence-electron chi connectivity index (χ3n) is 5.14. The van der Waals surface area contributed by atoms with Crippen molar-refractivity contribution in [3.8, 4) is 0 Å². The highest BCUT2D eigenvalue weighted by Crippen LogP contribution is 2.44. The fraction of sp³-hybridized carbons (Fsp3) is 0.261. The van der Waals surface area contributed by atoms with Crippen molar-refractivity contribution in [1.82, 2.24) is 4.98 Å². The summed E-state index contributed by atoms with van der Waals surface area (Å²) < 4.78 is 0. The minimum atomic E-state index is -0.833. The van der Waals surface area contributed by atoms with Crippen LogP contribution in [0.5, 0.6) is 0 Å². The predicted molar refractivity (Wildman–Crippen MR) is 126 cm³/mol. The quantitative estimate of drug-likeness (QED) is 0.202. The molecule has 1 aliphatic carbocycles. The summed E-state index contributed by atoms with van der Waals surface area (Å²) in [4.78, 5) is 39.1. The second-order valence-corrected chi connectivity index (χ2v) is 7.38. The van der Waals surface area contributed by atoms with Crippen molar-refractivity contribution in [1.29, 1.82) is 0 Å². The Labute approximate surface area is 190 Å². The van der Waals surface area contributed by atoms with Crippen LogP contribution in [0.25, 0.3) is 10.9 Å². The van der Waals surface area contributed by atoms with Gasteiger partial charge in [-0.3, -0.25) is 14.4 Å². The number of ketones is 2. The van der Waals surface area contributed by atoms with Gasteiger partial charge in [0.15, 0.2) is 11.6 Å². The molecule has 0 fully saturated rings. The molecule has 33 heavy (non-hydrogen) atoms. The lowest BCUT2D eigenvalue weighted by Gasteiger charge is -2.25. The van der Waals surface area contributed by atoms with E-state index in [4.69, 9.17) is 21.4 Å². The Balaban J connectivity index is 0.000000709. The summed E-state index contributed by atoms with van der Waals surface area (Å²) in [5, 5.41) is 24.4. The van der Waals surface area contributed by atoms with Gasteiger partial charge in [-0.25, -0.2) is 0 Å². The number of fused-ring (bicyclic) bond motifs is 3. The van der Waals surface area contributed by atoms with E-state index in [9.17, 15) is 14.7 Å². The molecule has 4 rings (SSSR count). The normalized spacial score (nSPS) is 12.0. The van der Waals surface area contributed by atoms with Crippen LogP contribution < -0.4 is 22.1 Å². The maximum absolute atomic E-state index is 13.5. The first-order valence-corrected chi connectivity index (χ1v) is 10.4. The van der Waals surface area contributed by atoms with Crippen molar-refractivity contribution in [2.24, 2.45) is 11.5 Å². The standard InChI is InChI=1S/C21H23N5O3.C2H4O2/c22-5-7-24-17-14-11(10-27)9-26-18(14)19(25-8-6-23)16-15(17)20(28)12-3-1-2-4-13(12)21(16)29;1-2(3)4/h1-4,9,24-27H,5-8,10,22-23H2;1H3,(H,3,4). The number of hydrogen-bond donors (Lipinski definition) is 7. The zero-order valence-electron chi connectivity index (χ0n) is 18.2. The number of rotatable bonds is 7. The molecule has 0 saturated heterocycles. The van der Waals surface area contributed by atoms with Crippen LogP contribution in [0.3, 0.4) is 0 Å². The largest absolute Gasteiger partial charge is 0.481 e. The number of nitrogens with one attached hydrogen (secondary N) is 3. The van der Waals surface area contributed by atoms with Gasteiger partial charge in [-0.05, 0) is 0 Å². The minimum absolute atomic E-state index is 0.217. The fourth-order valence-corrected chi connectivity index (χ4v) is 3.92. The molecule has 3 aromatic rings. The summed E-state index contributed by atoms with van der Waals surface area (Å²) >= 11 is 0. The maximum Gasteiger partial charge on any atom is 0.300 e. The van der Waals surface area contributed by atoms with Gasteiger partial charge in [-0.2, -0.15) is 0 Å². The molecule has 0 amide bonds. The number of carbonyl (C=O) groups is 3. The van der Waals surface area contributed by atoms with E-state index in [1.54, 1.807) is 30.5 Å². The van der Waals surface area contributed by atoms with Crippen LogP contribution in [0, 0.1) is 0 Å². The average Bonchev–Trinajstić information content (AvgIpc) is 3.23. The molecule has 1 aromatic heterocycles. The molecule has 9 N–H and O–H groups in total. The summed E-state index contributed by atoms with van der Waals surface area (Å²) in [5.41, 5.74) is 15.0. The smallest absolute Gasteiger partial charge is 0.300 e. The molecule has 1 heterocycles. The molecule has 0 bridgehead atoms. The lowest BCUT2D eigenvalue weighted by molar-refractivity contribution is -0.134. The molecular weight excluding hydrogens is 426 g/mol. The van der Waals surface area contributed by atoms with Gasteiger partial charge >= 0.3 is 0 Å². The second kappa shape index (κ2) is 10.3. The number of aromatic nitrogens is 1. The monoisotopic (exact) mass is 453 g/mol. The lowest BCUT2D eigenvalue weighted by Crippen LogP contribution is -2.26. The van der Waals surface area contributed by atoms with Crippen LogP contribution in [0.2, 0.25) is 0 Å². The van der Waals surface area contributed by atoms with Crippen LogP contribution in [0.4, 0.5) is 11.4 Å². The van der Waals surface area contributed by atoms with E-state index in [0.717, 1.165) is 6.92 Å². The molecule has 0 unspecified atom stereocenters. The van der Waals surface area contributed by atoms with Gasteiger partial charge in [0.1, 0.15) is 0 Å². The van der Waals surface area contributed by atoms with E-state index >= 15 is 0 Å². The number of H-pyrrole nitrogens is 1. The van der Waals surface area contributed by atoms with Crippen molar-refractivity contribution in [3.63, 3.8) is 0 Å². The van der Waals surface area contributed by atoms with E-state index in [2.05, 4.69) is 15.6 Å². The number of benzene rings is 2. The molecule has 174 valence electrons. The Kier molecular flexibility index (Phi) is 7.44. The van der Waals surface area contributed by atoms with E-state index in [0.29, 0.717) is 76.3 Å². The number of hydrogen-bond acceptors (Lipinski definition) is 8. The predicted octanol–water partition coefficient (Wildman–Crippen LogP) is 1.27. The first-order valence-electron chi connectivity index (χ1n) is 10.4. The number of aliphatic carboxylic acids is 1. The van der Waals surface area contributed by atoms with E-state index in [1.165, 1.54) is 0 Å². The van der Waals surface area contributed by atoms with Crippen LogP contribution in [-0.2, 0) is 11.4 Å². The Hall–Kier alpha value is -3.73. The Morgan fingerprint density at radius 2 is 1.45 bits per heavy atom. The maximum atomic E-state index is 13.5. The molecular formula is C23H27N5O5. The van der Waals surface area contributed by atoms with Gasteiger partial charge in [0.25, 0.3) is 5.97 Å². The first-order chi connectivity index (χ1) is 15.9. The SMILES string of the molecule is CC(=O)O.NCCNc1c2c(c(NCCN)c3c(CO)c[nH]c13)C(=O)c1ccccc1C2=O. The van der Waals surface area contributed by atoms with Gasteiger partial charge in [0.2, 0.25) is 0 Å². The fourth-order valence-electron chi connectivity index (χ4n) is 3.92. The molecule has 10 nitrogen and oxygen atoms in total. The zero-order chi connectivity index (χ0) is 24.1. The Bertz CT molecular complexity index is 1210. The van der Waals surface area contributed by atoms with E-state index in [-0.39, 0.29) is 18.2 Å². The van der Waals surface area contributed by atoms with Crippen LogP contribution in [0.1, 0.15) is 44.3 Å². The van der Waals surface area contributed by atoms with Gasteiger partial charge in [0, 0.05) is 61.4 Å². The number of aromatic amines is 1. The summed E-state index contributed by atoms with van der Waals surface area (Å²) in [7, 11) is 0. The van der Waals surface area contributed by atoms with Crippen molar-refractivity contribution in [2.75, 3.05) is 36.8 Å². The molecule has 2 aromatic carbocycles. The molecule has 0 atom stereocenters.